The van der Waals surface area contributed by atoms with E-state index in [4.69, 9.17) is 0 Å². The number of hydrogen-bond donors (Lipinski definition) is 2. The summed E-state index contributed by atoms with van der Waals surface area (Å²) >= 11 is 0. The highest BCUT2D eigenvalue weighted by molar-refractivity contribution is 5.85. The van der Waals surface area contributed by atoms with Crippen LogP contribution in [0.25, 0.3) is 11.0 Å². The number of halogens is 3. The molecule has 2 aromatic carbocycles. The summed E-state index contributed by atoms with van der Waals surface area (Å²) in [6.45, 7) is 0. The van der Waals surface area contributed by atoms with Gasteiger partial charge in [0.25, 0.3) is 0 Å². The van der Waals surface area contributed by atoms with E-state index < -0.39 is 29.7 Å². The molecular formula is C20H16F3N3O3. The molecule has 2 N–H and O–H groups in total. The summed E-state index contributed by atoms with van der Waals surface area (Å²) in [5.74, 6) is -1.87. The second kappa shape index (κ2) is 8.26. The molecule has 1 aromatic heterocycles. The van der Waals surface area contributed by atoms with E-state index in [1.54, 1.807) is 24.3 Å². The zero-order chi connectivity index (χ0) is 21.0. The number of carbonyl (C=O) groups is 2. The Morgan fingerprint density at radius 1 is 1.03 bits per heavy atom. The zero-order valence-corrected chi connectivity index (χ0v) is 15.0. The topological polar surface area (TPSA) is 92.2 Å². The van der Waals surface area contributed by atoms with Crippen molar-refractivity contribution in [1.29, 1.82) is 0 Å². The third-order valence-corrected chi connectivity index (χ3v) is 4.19. The Morgan fingerprint density at radius 3 is 2.31 bits per heavy atom. The van der Waals surface area contributed by atoms with Crippen LogP contribution in [0.4, 0.5) is 13.2 Å². The van der Waals surface area contributed by atoms with E-state index in [0.717, 1.165) is 12.1 Å². The molecule has 0 aliphatic heterocycles. The maximum absolute atomic E-state index is 12.6. The van der Waals surface area contributed by atoms with Crippen LogP contribution >= 0.6 is 0 Å². The molecule has 0 aliphatic rings. The van der Waals surface area contributed by atoms with Crippen LogP contribution in [0, 0.1) is 0 Å². The third kappa shape index (κ3) is 5.28. The monoisotopic (exact) mass is 403 g/mol. The quantitative estimate of drug-likeness (QED) is 0.660. The molecule has 0 saturated heterocycles. The molecule has 3 rings (SSSR count). The Hall–Kier alpha value is -3.49. The van der Waals surface area contributed by atoms with E-state index in [1.807, 2.05) is 0 Å². The van der Waals surface area contributed by atoms with Gasteiger partial charge >= 0.3 is 12.1 Å². The van der Waals surface area contributed by atoms with Crippen LogP contribution in [0.1, 0.15) is 16.8 Å². The molecule has 1 amide bonds. The summed E-state index contributed by atoms with van der Waals surface area (Å²) in [7, 11) is 0. The standard InChI is InChI=1S/C20H16F3N3O3/c21-20(22,23)13-7-5-12(6-8-13)9-18(27)26-17(19(28)29)10-14-11-24-15-3-1-2-4-16(15)25-14/h1-8,11,17H,9-10H2,(H,26,27)(H,28,29)/t17-/m0/s1. The number of aliphatic carboxylic acids is 1. The van der Waals surface area contributed by atoms with Gasteiger partial charge in [-0.05, 0) is 29.8 Å². The lowest BCUT2D eigenvalue weighted by atomic mass is 10.1. The maximum Gasteiger partial charge on any atom is 0.416 e. The number of nitrogens with one attached hydrogen (secondary N) is 1. The predicted molar refractivity (Wildman–Crippen MR) is 98.0 cm³/mol. The van der Waals surface area contributed by atoms with Gasteiger partial charge in [-0.1, -0.05) is 24.3 Å². The average molecular weight is 403 g/mol. The van der Waals surface area contributed by atoms with E-state index in [1.165, 1.54) is 18.3 Å². The number of rotatable bonds is 6. The van der Waals surface area contributed by atoms with E-state index >= 15 is 0 Å². The first-order valence-electron chi connectivity index (χ1n) is 8.61. The molecule has 0 unspecified atom stereocenters. The number of fused-ring (bicyclic) bond motifs is 1. The van der Waals surface area contributed by atoms with Gasteiger partial charge in [0.15, 0.2) is 0 Å². The molecule has 6 nitrogen and oxygen atoms in total. The van der Waals surface area contributed by atoms with E-state index in [9.17, 15) is 27.9 Å². The average Bonchev–Trinajstić information content (AvgIpc) is 2.67. The molecule has 1 heterocycles. The lowest BCUT2D eigenvalue weighted by Gasteiger charge is -2.14. The third-order valence-electron chi connectivity index (χ3n) is 4.19. The van der Waals surface area contributed by atoms with Gasteiger partial charge in [-0.2, -0.15) is 13.2 Å². The van der Waals surface area contributed by atoms with Crippen LogP contribution in [0.2, 0.25) is 0 Å². The molecule has 0 aliphatic carbocycles. The Balaban J connectivity index is 1.66. The number of hydrogen-bond acceptors (Lipinski definition) is 4. The van der Waals surface area contributed by atoms with Crippen LogP contribution in [0.15, 0.2) is 54.7 Å². The van der Waals surface area contributed by atoms with E-state index in [-0.39, 0.29) is 12.8 Å². The summed E-state index contributed by atoms with van der Waals surface area (Å²) < 4.78 is 37.8. The van der Waals surface area contributed by atoms with Gasteiger partial charge in [0.05, 0.1) is 28.7 Å². The zero-order valence-electron chi connectivity index (χ0n) is 15.0. The molecule has 29 heavy (non-hydrogen) atoms. The predicted octanol–water partition coefficient (Wildman–Crippen LogP) is 3.00. The highest BCUT2D eigenvalue weighted by atomic mass is 19.4. The first kappa shape index (κ1) is 20.2. The fourth-order valence-electron chi connectivity index (χ4n) is 2.75. The van der Waals surface area contributed by atoms with Crippen molar-refractivity contribution in [2.24, 2.45) is 0 Å². The smallest absolute Gasteiger partial charge is 0.416 e. The largest absolute Gasteiger partial charge is 0.480 e. The van der Waals surface area contributed by atoms with Crippen molar-refractivity contribution in [1.82, 2.24) is 15.3 Å². The lowest BCUT2D eigenvalue weighted by molar-refractivity contribution is -0.141. The van der Waals surface area contributed by atoms with Gasteiger partial charge in [-0.25, -0.2) is 9.78 Å². The Morgan fingerprint density at radius 2 is 1.69 bits per heavy atom. The van der Waals surface area contributed by atoms with Crippen LogP contribution < -0.4 is 5.32 Å². The lowest BCUT2D eigenvalue weighted by Crippen LogP contribution is -2.43. The second-order valence-electron chi connectivity index (χ2n) is 6.38. The van der Waals surface area contributed by atoms with Crippen molar-refractivity contribution in [2.75, 3.05) is 0 Å². The van der Waals surface area contributed by atoms with Gasteiger partial charge in [-0.15, -0.1) is 0 Å². The Labute approximate surface area is 163 Å². The minimum atomic E-state index is -4.46. The van der Waals surface area contributed by atoms with Gasteiger partial charge in [0, 0.05) is 12.6 Å². The molecule has 0 radical (unpaired) electrons. The molecular weight excluding hydrogens is 387 g/mol. The highest BCUT2D eigenvalue weighted by Crippen LogP contribution is 2.29. The van der Waals surface area contributed by atoms with Crippen LogP contribution in [0.3, 0.4) is 0 Å². The molecule has 9 heteroatoms. The van der Waals surface area contributed by atoms with Crippen LogP contribution in [0.5, 0.6) is 0 Å². The van der Waals surface area contributed by atoms with Crippen LogP contribution in [-0.2, 0) is 28.6 Å². The summed E-state index contributed by atoms with van der Waals surface area (Å²) in [6, 6.07) is 9.98. The second-order valence-corrected chi connectivity index (χ2v) is 6.38. The number of carboxylic acid groups (broad SMARTS) is 1. The number of alkyl halides is 3. The van der Waals surface area contributed by atoms with Gasteiger partial charge in [0.2, 0.25) is 5.91 Å². The molecule has 0 bridgehead atoms. The summed E-state index contributed by atoms with van der Waals surface area (Å²) in [5, 5.41) is 11.8. The van der Waals surface area contributed by atoms with Crippen molar-refractivity contribution in [2.45, 2.75) is 25.1 Å². The minimum Gasteiger partial charge on any atom is -0.480 e. The molecule has 0 spiro atoms. The SMILES string of the molecule is O=C(Cc1ccc(C(F)(F)F)cc1)N[C@@H](Cc1cnc2ccccc2n1)C(=O)O. The first-order chi connectivity index (χ1) is 13.7. The summed E-state index contributed by atoms with van der Waals surface area (Å²) in [4.78, 5) is 32.2. The molecule has 0 fully saturated rings. The van der Waals surface area contributed by atoms with E-state index in [0.29, 0.717) is 22.3 Å². The number of carboxylic acids is 1. The van der Waals surface area contributed by atoms with Crippen molar-refractivity contribution in [3.05, 3.63) is 71.5 Å². The van der Waals surface area contributed by atoms with Crippen molar-refractivity contribution in [3.63, 3.8) is 0 Å². The normalized spacial score (nSPS) is 12.5. The summed E-state index contributed by atoms with van der Waals surface area (Å²) in [5.41, 5.74) is 1.18. The molecule has 0 saturated carbocycles. The number of para-hydroxylation sites is 2. The van der Waals surface area contributed by atoms with Gasteiger partial charge < -0.3 is 10.4 Å². The van der Waals surface area contributed by atoms with Crippen molar-refractivity contribution < 1.29 is 27.9 Å². The van der Waals surface area contributed by atoms with Gasteiger partial charge in [0.1, 0.15) is 6.04 Å². The van der Waals surface area contributed by atoms with E-state index in [2.05, 4.69) is 15.3 Å². The maximum atomic E-state index is 12.6. The molecule has 3 aromatic rings. The molecule has 150 valence electrons. The highest BCUT2D eigenvalue weighted by Gasteiger charge is 2.30. The minimum absolute atomic E-state index is 0.0775. The number of amides is 1. The van der Waals surface area contributed by atoms with Gasteiger partial charge in [-0.3, -0.25) is 9.78 Å². The Kier molecular flexibility index (Phi) is 5.76. The van der Waals surface area contributed by atoms with Crippen molar-refractivity contribution >= 4 is 22.9 Å². The number of aromatic nitrogens is 2. The number of carbonyl (C=O) groups excluding carboxylic acids is 1. The number of nitrogens with zero attached hydrogens (tertiary/aromatic N) is 2. The van der Waals surface area contributed by atoms with Crippen LogP contribution in [-0.4, -0.2) is 33.0 Å². The first-order valence-corrected chi connectivity index (χ1v) is 8.61. The number of benzene rings is 2. The van der Waals surface area contributed by atoms with Crippen molar-refractivity contribution in [3.8, 4) is 0 Å². The fraction of sp³-hybridized carbons (Fsp3) is 0.200. The Bertz CT molecular complexity index is 1040. The summed E-state index contributed by atoms with van der Waals surface area (Å²) in [6.07, 6.45) is -3.34. The molecule has 1 atom stereocenters. The fourth-order valence-corrected chi connectivity index (χ4v) is 2.75.